The van der Waals surface area contributed by atoms with Crippen LogP contribution in [-0.4, -0.2) is 77.3 Å². The summed E-state index contributed by atoms with van der Waals surface area (Å²) in [5, 5.41) is 35.1. The molecule has 278 valence electrons. The number of phenolic OH excluding ortho intramolecular Hbond substituents is 1. The highest BCUT2D eigenvalue weighted by molar-refractivity contribution is 6.02. The van der Waals surface area contributed by atoms with Crippen molar-refractivity contribution in [1.29, 1.82) is 0 Å². The van der Waals surface area contributed by atoms with Crippen molar-refractivity contribution >= 4 is 11.8 Å². The molecule has 51 heavy (non-hydrogen) atoms. The van der Waals surface area contributed by atoms with Crippen LogP contribution in [-0.2, 0) is 20.9 Å². The number of hydrogen-bond donors (Lipinski definition) is 3. The molecule has 0 spiro atoms. The second-order valence-electron chi connectivity index (χ2n) is 15.3. The Hall–Kier alpha value is -3.86. The maximum atomic E-state index is 13.9. The number of unbranched alkanes of at least 4 members (excludes halogenated alkanes) is 2. The molecule has 5 rings (SSSR count). The molecule has 0 aromatic heterocycles. The Bertz CT molecular complexity index is 1540. The second kappa shape index (κ2) is 17.1. The van der Waals surface area contributed by atoms with Gasteiger partial charge in [-0.05, 0) is 72.3 Å². The maximum Gasteiger partial charge on any atom is 0.410 e. The van der Waals surface area contributed by atoms with Crippen LogP contribution in [0.3, 0.4) is 0 Å². The van der Waals surface area contributed by atoms with Crippen molar-refractivity contribution in [2.24, 2.45) is 28.3 Å². The number of fused-ring (bicyclic) bond motifs is 2. The average Bonchev–Trinajstić information content (AvgIpc) is 3.11. The number of aliphatic hydroxyl groups is 2. The first kappa shape index (κ1) is 38.4. The number of oxime groups is 1. The summed E-state index contributed by atoms with van der Waals surface area (Å²) in [6.07, 6.45) is 8.41. The Balaban J connectivity index is 1.70. The molecule has 0 saturated heterocycles. The fraction of sp³-hybridized carbons (Fsp3) is 0.561. The first-order chi connectivity index (χ1) is 24.5. The molecule has 0 unspecified atom stereocenters. The van der Waals surface area contributed by atoms with Crippen LogP contribution in [0.2, 0.25) is 0 Å². The van der Waals surface area contributed by atoms with Crippen molar-refractivity contribution in [3.8, 4) is 11.5 Å². The smallest absolute Gasteiger partial charge is 0.410 e. The molecule has 1 aliphatic heterocycles. The Morgan fingerprint density at radius 2 is 1.80 bits per heavy atom. The number of hydrogen-bond acceptors (Lipinski definition) is 9. The molecule has 0 radical (unpaired) electrons. The normalized spacial score (nSPS) is 26.0. The van der Waals surface area contributed by atoms with E-state index in [9.17, 15) is 20.1 Å². The molecular formula is C41H56N2O8. The van der Waals surface area contributed by atoms with E-state index >= 15 is 0 Å². The second-order valence-corrected chi connectivity index (χ2v) is 15.3. The minimum atomic E-state index is -1.37. The number of likely N-dealkylation sites (N-methyl/N-ethyl adjacent to an activating group) is 1. The van der Waals surface area contributed by atoms with Gasteiger partial charge in [0.05, 0.1) is 24.8 Å². The number of rotatable bonds is 16. The van der Waals surface area contributed by atoms with Crippen molar-refractivity contribution in [2.45, 2.75) is 90.1 Å². The Morgan fingerprint density at radius 1 is 1.08 bits per heavy atom. The fourth-order valence-electron chi connectivity index (χ4n) is 8.00. The molecule has 1 amide bonds. The van der Waals surface area contributed by atoms with Crippen molar-refractivity contribution in [1.82, 2.24) is 4.90 Å². The highest BCUT2D eigenvalue weighted by Gasteiger charge is 2.65. The van der Waals surface area contributed by atoms with E-state index in [0.717, 1.165) is 42.4 Å². The lowest BCUT2D eigenvalue weighted by atomic mass is 9.55. The number of carbonyl (C=O) groups excluding carboxylic acids is 1. The number of ether oxygens (including phenoxy) is 3. The van der Waals surface area contributed by atoms with Gasteiger partial charge >= 0.3 is 6.09 Å². The van der Waals surface area contributed by atoms with Crippen LogP contribution >= 0.6 is 0 Å². The first-order valence-electron chi connectivity index (χ1n) is 18.4. The highest BCUT2D eigenvalue weighted by Crippen LogP contribution is 2.61. The monoisotopic (exact) mass is 704 g/mol. The average molecular weight is 705 g/mol. The largest absolute Gasteiger partial charge is 0.508 e. The minimum absolute atomic E-state index is 0.0727. The van der Waals surface area contributed by atoms with Crippen LogP contribution in [0, 0.1) is 23.2 Å². The molecule has 1 saturated carbocycles. The third-order valence-electron chi connectivity index (χ3n) is 10.3. The van der Waals surface area contributed by atoms with Gasteiger partial charge in [-0.25, -0.2) is 4.79 Å². The maximum absolute atomic E-state index is 13.9. The molecule has 6 atom stereocenters. The van der Waals surface area contributed by atoms with Gasteiger partial charge in [0.1, 0.15) is 24.1 Å². The van der Waals surface area contributed by atoms with E-state index in [1.54, 1.807) is 36.2 Å². The number of aromatic hydroxyl groups is 1. The summed E-state index contributed by atoms with van der Waals surface area (Å²) in [6, 6.07) is 14.4. The zero-order valence-electron chi connectivity index (χ0n) is 30.6. The molecule has 1 fully saturated rings. The van der Waals surface area contributed by atoms with Crippen molar-refractivity contribution in [2.75, 3.05) is 33.5 Å². The molecule has 3 N–H and O–H groups in total. The summed E-state index contributed by atoms with van der Waals surface area (Å²) in [5.41, 5.74) is 3.25. The summed E-state index contributed by atoms with van der Waals surface area (Å²) in [7, 11) is 1.72. The number of nitrogens with zero attached hydrogens (tertiary/aromatic N) is 2. The highest BCUT2D eigenvalue weighted by atomic mass is 16.7. The van der Waals surface area contributed by atoms with Gasteiger partial charge < -0.3 is 39.3 Å². The Morgan fingerprint density at radius 3 is 2.49 bits per heavy atom. The van der Waals surface area contributed by atoms with E-state index in [0.29, 0.717) is 24.3 Å². The summed E-state index contributed by atoms with van der Waals surface area (Å²) < 4.78 is 19.7. The molecule has 2 aromatic carbocycles. The zero-order chi connectivity index (χ0) is 36.6. The molecule has 1 heterocycles. The van der Waals surface area contributed by atoms with Crippen LogP contribution < -0.4 is 4.74 Å². The molecule has 2 aromatic rings. The van der Waals surface area contributed by atoms with Gasteiger partial charge in [-0.15, -0.1) is 6.58 Å². The third kappa shape index (κ3) is 8.79. The van der Waals surface area contributed by atoms with Gasteiger partial charge in [0.25, 0.3) is 0 Å². The lowest BCUT2D eigenvalue weighted by Gasteiger charge is -2.59. The molecule has 2 aliphatic carbocycles. The zero-order valence-corrected chi connectivity index (χ0v) is 30.6. The number of amides is 1. The fourth-order valence-corrected chi connectivity index (χ4v) is 8.00. The van der Waals surface area contributed by atoms with Crippen LogP contribution in [0.5, 0.6) is 11.5 Å². The summed E-state index contributed by atoms with van der Waals surface area (Å²) in [5.74, 6) is -1.13. The number of phenols is 1. The number of aliphatic hydroxyl groups excluding tert-OH is 2. The van der Waals surface area contributed by atoms with Gasteiger partial charge in [0.2, 0.25) is 5.79 Å². The van der Waals surface area contributed by atoms with Crippen LogP contribution in [0.4, 0.5) is 4.79 Å². The predicted octanol–water partition coefficient (Wildman–Crippen LogP) is 7.34. The van der Waals surface area contributed by atoms with Gasteiger partial charge in [-0.3, -0.25) is 0 Å². The van der Waals surface area contributed by atoms with Gasteiger partial charge in [-0.2, -0.15) is 0 Å². The van der Waals surface area contributed by atoms with Crippen LogP contribution in [0.1, 0.15) is 82.8 Å². The lowest BCUT2D eigenvalue weighted by molar-refractivity contribution is -0.253. The Labute approximate surface area is 302 Å². The van der Waals surface area contributed by atoms with E-state index in [4.69, 9.17) is 24.2 Å². The van der Waals surface area contributed by atoms with Gasteiger partial charge in [0, 0.05) is 38.2 Å². The number of allylic oxidation sites excluding steroid dienone is 1. The first-order valence-corrected chi connectivity index (χ1v) is 18.4. The van der Waals surface area contributed by atoms with E-state index in [1.165, 1.54) is 0 Å². The van der Waals surface area contributed by atoms with Crippen molar-refractivity contribution in [3.05, 3.63) is 84.0 Å². The predicted molar refractivity (Wildman–Crippen MR) is 196 cm³/mol. The van der Waals surface area contributed by atoms with E-state index in [-0.39, 0.29) is 68.4 Å². The number of benzene rings is 2. The molecule has 10 nitrogen and oxygen atoms in total. The molecular weight excluding hydrogens is 648 g/mol. The molecule has 10 heteroatoms. The van der Waals surface area contributed by atoms with Crippen molar-refractivity contribution in [3.63, 3.8) is 0 Å². The summed E-state index contributed by atoms with van der Waals surface area (Å²) in [4.78, 5) is 21.5. The SMILES string of the molecule is C=CCO[C@@]12Oc3ccc(O)cc3[C@H]3[C@H](CCCCO)[C@@H](CCCCO)C=C(C(=NOCc4ccccc4)C[C@@H]1N(C)C(=O)OCC(C)(C)C)[C@H]32. The van der Waals surface area contributed by atoms with Gasteiger partial charge in [-0.1, -0.05) is 81.3 Å². The topological polar surface area (TPSA) is 130 Å². The lowest BCUT2D eigenvalue weighted by Crippen LogP contribution is -2.69. The van der Waals surface area contributed by atoms with Crippen LogP contribution in [0.15, 0.2) is 78.0 Å². The summed E-state index contributed by atoms with van der Waals surface area (Å²) >= 11 is 0. The standard InChI is InChI=1S/C41H56N2O8/c1-6-22-49-41-36(43(5)39(47)48-27-40(2,3)4)25-34(42-50-26-28-14-8-7-9-15-28)32-23-29(16-10-12-20-44)31(17-11-13-21-45)37(38(32)41)33-24-30(46)18-19-35(33)51-41/h6-9,14-15,18-19,23-24,29,31,36-38,44-46H,1,10-13,16-17,20-22,25-27H2,2-5H3/t29-,31+,36-,37+,38+,41+/m0/s1. The summed E-state index contributed by atoms with van der Waals surface area (Å²) in [6.45, 7) is 10.9. The molecule has 3 aliphatic rings. The number of carbonyl (C=O) groups is 1. The molecule has 0 bridgehead atoms. The van der Waals surface area contributed by atoms with E-state index in [2.05, 4.69) is 12.7 Å². The third-order valence-corrected chi connectivity index (χ3v) is 10.3. The van der Waals surface area contributed by atoms with Crippen molar-refractivity contribution < 1.29 is 39.2 Å². The van der Waals surface area contributed by atoms with Crippen LogP contribution in [0.25, 0.3) is 0 Å². The minimum Gasteiger partial charge on any atom is -0.508 e. The van der Waals surface area contributed by atoms with Gasteiger partial charge in [0.15, 0.2) is 0 Å². The quantitative estimate of drug-likeness (QED) is 0.0941. The Kier molecular flexibility index (Phi) is 12.9. The van der Waals surface area contributed by atoms with E-state index in [1.807, 2.05) is 51.1 Å². The van der Waals surface area contributed by atoms with E-state index < -0.39 is 23.8 Å².